The molecule has 7 heteroatoms. The number of rotatable bonds is 8. The molecule has 2 aromatic rings. The molecule has 0 bridgehead atoms. The van der Waals surface area contributed by atoms with Gasteiger partial charge in [-0.05, 0) is 54.7 Å². The molecule has 2 aromatic carbocycles. The molecule has 0 spiro atoms. The lowest BCUT2D eigenvalue weighted by Crippen LogP contribution is -2.49. The lowest BCUT2D eigenvalue weighted by Gasteiger charge is -2.28. The van der Waals surface area contributed by atoms with E-state index in [-0.39, 0.29) is 30.4 Å². The molecule has 5 nitrogen and oxygen atoms in total. The van der Waals surface area contributed by atoms with E-state index in [0.29, 0.717) is 22.3 Å². The number of ether oxygens (including phenoxy) is 1. The summed E-state index contributed by atoms with van der Waals surface area (Å²) in [5, 5.41) is 3.59. The van der Waals surface area contributed by atoms with Crippen LogP contribution in [0.4, 0.5) is 0 Å². The minimum Gasteiger partial charge on any atom is -0.484 e. The van der Waals surface area contributed by atoms with Crippen LogP contribution in [0.3, 0.4) is 0 Å². The Hall–Kier alpha value is -2.24. The van der Waals surface area contributed by atoms with E-state index in [1.807, 2.05) is 31.2 Å². The number of likely N-dealkylation sites (N-methyl/N-ethyl adjacent to an activating group) is 1. The van der Waals surface area contributed by atoms with Crippen molar-refractivity contribution in [2.75, 3.05) is 13.2 Å². The quantitative estimate of drug-likeness (QED) is 0.582. The van der Waals surface area contributed by atoms with Crippen molar-refractivity contribution in [3.05, 3.63) is 63.6 Å². The molecule has 0 radical (unpaired) electrons. The maximum atomic E-state index is 13.0. The fourth-order valence-corrected chi connectivity index (χ4v) is 3.34. The zero-order chi connectivity index (χ0) is 23.2. The summed E-state index contributed by atoms with van der Waals surface area (Å²) in [6, 6.07) is 12.2. The monoisotopic (exact) mass is 464 g/mol. The highest BCUT2D eigenvalue weighted by atomic mass is 35.5. The Labute approximate surface area is 194 Å². The molecule has 31 heavy (non-hydrogen) atoms. The molecule has 0 aliphatic heterocycles. The molecule has 0 aliphatic rings. The molecule has 0 saturated carbocycles. The van der Waals surface area contributed by atoms with Crippen molar-refractivity contribution in [3.8, 4) is 5.75 Å². The lowest BCUT2D eigenvalue weighted by molar-refractivity contribution is -0.142. The fraction of sp³-hybridized carbons (Fsp3) is 0.417. The second kappa shape index (κ2) is 10.9. The van der Waals surface area contributed by atoms with Gasteiger partial charge in [-0.25, -0.2) is 0 Å². The predicted molar refractivity (Wildman–Crippen MR) is 126 cm³/mol. The first-order valence-electron chi connectivity index (χ1n) is 10.3. The summed E-state index contributed by atoms with van der Waals surface area (Å²) in [4.78, 5) is 26.9. The number of amides is 2. The molecular weight excluding hydrogens is 435 g/mol. The van der Waals surface area contributed by atoms with Gasteiger partial charge in [0.1, 0.15) is 11.8 Å². The van der Waals surface area contributed by atoms with Crippen LogP contribution in [0.25, 0.3) is 0 Å². The van der Waals surface area contributed by atoms with Crippen molar-refractivity contribution in [1.82, 2.24) is 10.2 Å². The SMILES string of the molecule is CCNC(=O)C(C)N(Cc1ccc(Cl)c(Cl)c1)C(=O)COc1ccc(C(C)(C)C)cc1. The van der Waals surface area contributed by atoms with Crippen molar-refractivity contribution < 1.29 is 14.3 Å². The molecule has 1 atom stereocenters. The zero-order valence-electron chi connectivity index (χ0n) is 18.7. The van der Waals surface area contributed by atoms with E-state index in [4.69, 9.17) is 27.9 Å². The standard InChI is InChI=1S/C24H30Cl2N2O3/c1-6-27-23(30)16(2)28(14-17-7-12-20(25)21(26)13-17)22(29)15-31-19-10-8-18(9-11-19)24(3,4)5/h7-13,16H,6,14-15H2,1-5H3,(H,27,30). The zero-order valence-corrected chi connectivity index (χ0v) is 20.2. The summed E-state index contributed by atoms with van der Waals surface area (Å²) in [6.07, 6.45) is 0. The topological polar surface area (TPSA) is 58.6 Å². The highest BCUT2D eigenvalue weighted by molar-refractivity contribution is 6.42. The highest BCUT2D eigenvalue weighted by Crippen LogP contribution is 2.25. The van der Waals surface area contributed by atoms with Gasteiger partial charge >= 0.3 is 0 Å². The van der Waals surface area contributed by atoms with Gasteiger partial charge in [-0.3, -0.25) is 9.59 Å². The number of nitrogens with zero attached hydrogens (tertiary/aromatic N) is 1. The van der Waals surface area contributed by atoms with E-state index in [9.17, 15) is 9.59 Å². The average Bonchev–Trinajstić information content (AvgIpc) is 2.72. The molecule has 2 amide bonds. The van der Waals surface area contributed by atoms with Crippen LogP contribution in [0.1, 0.15) is 45.7 Å². The molecule has 0 aromatic heterocycles. The van der Waals surface area contributed by atoms with Crippen LogP contribution in [-0.2, 0) is 21.5 Å². The van der Waals surface area contributed by atoms with Gasteiger partial charge in [0.2, 0.25) is 5.91 Å². The molecular formula is C24H30Cl2N2O3. The van der Waals surface area contributed by atoms with Gasteiger partial charge in [-0.15, -0.1) is 0 Å². The molecule has 168 valence electrons. The number of hydrogen-bond acceptors (Lipinski definition) is 3. The summed E-state index contributed by atoms with van der Waals surface area (Å²) < 4.78 is 5.72. The number of carbonyl (C=O) groups is 2. The third-order valence-corrected chi connectivity index (χ3v) is 5.68. The van der Waals surface area contributed by atoms with Crippen molar-refractivity contribution >= 4 is 35.0 Å². The number of hydrogen-bond donors (Lipinski definition) is 1. The van der Waals surface area contributed by atoms with Crippen LogP contribution in [0, 0.1) is 0 Å². The molecule has 0 heterocycles. The number of halogens is 2. The first-order chi connectivity index (χ1) is 14.5. The Morgan fingerprint density at radius 1 is 1.06 bits per heavy atom. The van der Waals surface area contributed by atoms with E-state index < -0.39 is 6.04 Å². The van der Waals surface area contributed by atoms with Crippen LogP contribution in [-0.4, -0.2) is 35.9 Å². The maximum Gasteiger partial charge on any atom is 0.261 e. The first kappa shape index (κ1) is 25.0. The van der Waals surface area contributed by atoms with Crippen LogP contribution in [0.2, 0.25) is 10.0 Å². The van der Waals surface area contributed by atoms with E-state index in [0.717, 1.165) is 5.56 Å². The minimum absolute atomic E-state index is 0.0348. The van der Waals surface area contributed by atoms with E-state index in [1.54, 1.807) is 25.1 Å². The average molecular weight is 465 g/mol. The van der Waals surface area contributed by atoms with Crippen LogP contribution < -0.4 is 10.1 Å². The van der Waals surface area contributed by atoms with Crippen molar-refractivity contribution in [2.24, 2.45) is 0 Å². The molecule has 1 N–H and O–H groups in total. The largest absolute Gasteiger partial charge is 0.484 e. The smallest absolute Gasteiger partial charge is 0.261 e. The van der Waals surface area contributed by atoms with Crippen molar-refractivity contribution in [1.29, 1.82) is 0 Å². The summed E-state index contributed by atoms with van der Waals surface area (Å²) in [5.74, 6) is 0.0664. The van der Waals surface area contributed by atoms with Crippen molar-refractivity contribution in [2.45, 2.75) is 52.6 Å². The maximum absolute atomic E-state index is 13.0. The Bertz CT molecular complexity index is 908. The van der Waals surface area contributed by atoms with Gasteiger partial charge in [-0.1, -0.05) is 62.2 Å². The number of carbonyl (C=O) groups excluding carboxylic acids is 2. The molecule has 0 fully saturated rings. The Morgan fingerprint density at radius 2 is 1.71 bits per heavy atom. The molecule has 0 saturated heterocycles. The van der Waals surface area contributed by atoms with Crippen LogP contribution in [0.15, 0.2) is 42.5 Å². The predicted octanol–water partition coefficient (Wildman–Crippen LogP) is 5.22. The molecule has 0 aliphatic carbocycles. The van der Waals surface area contributed by atoms with Crippen LogP contribution >= 0.6 is 23.2 Å². The fourth-order valence-electron chi connectivity index (χ4n) is 3.02. The second-order valence-corrected chi connectivity index (χ2v) is 9.22. The summed E-state index contributed by atoms with van der Waals surface area (Å²) in [6.45, 7) is 10.4. The minimum atomic E-state index is -0.672. The van der Waals surface area contributed by atoms with Gasteiger partial charge in [0, 0.05) is 13.1 Å². The van der Waals surface area contributed by atoms with E-state index in [1.165, 1.54) is 10.5 Å². The molecule has 2 rings (SSSR count). The number of nitrogens with one attached hydrogen (secondary N) is 1. The third kappa shape index (κ3) is 7.15. The second-order valence-electron chi connectivity index (χ2n) is 8.40. The van der Waals surface area contributed by atoms with E-state index >= 15 is 0 Å². The van der Waals surface area contributed by atoms with Crippen LogP contribution in [0.5, 0.6) is 5.75 Å². The van der Waals surface area contributed by atoms with Crippen molar-refractivity contribution in [3.63, 3.8) is 0 Å². The Morgan fingerprint density at radius 3 is 2.26 bits per heavy atom. The van der Waals surface area contributed by atoms with Gasteiger partial charge in [0.25, 0.3) is 5.91 Å². The third-order valence-electron chi connectivity index (χ3n) is 4.94. The van der Waals surface area contributed by atoms with Gasteiger partial charge in [0.05, 0.1) is 10.0 Å². The van der Waals surface area contributed by atoms with Gasteiger partial charge in [0.15, 0.2) is 6.61 Å². The normalized spacial score (nSPS) is 12.2. The Kier molecular flexibility index (Phi) is 8.78. The van der Waals surface area contributed by atoms with E-state index in [2.05, 4.69) is 26.1 Å². The Balaban J connectivity index is 2.15. The lowest BCUT2D eigenvalue weighted by atomic mass is 9.87. The number of benzene rings is 2. The summed E-state index contributed by atoms with van der Waals surface area (Å²) in [5.41, 5.74) is 1.98. The summed E-state index contributed by atoms with van der Waals surface area (Å²) in [7, 11) is 0. The molecule has 1 unspecified atom stereocenters. The first-order valence-corrected chi connectivity index (χ1v) is 11.0. The highest BCUT2D eigenvalue weighted by Gasteiger charge is 2.26. The van der Waals surface area contributed by atoms with Gasteiger partial charge < -0.3 is 15.0 Å². The van der Waals surface area contributed by atoms with Gasteiger partial charge in [-0.2, -0.15) is 0 Å². The summed E-state index contributed by atoms with van der Waals surface area (Å²) >= 11 is 12.1.